The molecule has 4 rings (SSSR count). The van der Waals surface area contributed by atoms with Crippen LogP contribution in [-0.2, 0) is 7.05 Å². The summed E-state index contributed by atoms with van der Waals surface area (Å²) in [6, 6.07) is 11.2. The topological polar surface area (TPSA) is 78.8 Å². The maximum Gasteiger partial charge on any atom is 0.154 e. The zero-order valence-electron chi connectivity index (χ0n) is 15.7. The molecule has 0 aliphatic heterocycles. The third-order valence-electron chi connectivity index (χ3n) is 4.17. The highest BCUT2D eigenvalue weighted by Gasteiger charge is 2.22. The monoisotopic (exact) mass is 417 g/mol. The number of aryl methyl sites for hydroxylation is 1. The number of H-pyrrole nitrogens is 1. The Bertz CT molecular complexity index is 1080. The van der Waals surface area contributed by atoms with Gasteiger partial charge in [-0.25, -0.2) is 4.98 Å². The number of imidazole rings is 1. The van der Waals surface area contributed by atoms with E-state index in [1.54, 1.807) is 36.3 Å². The number of aromatic nitrogens is 4. The minimum Gasteiger partial charge on any atom is -0.379 e. The minimum atomic E-state index is -0.902. The molecule has 4 aromatic rings. The number of nitrogens with one attached hydrogen (secondary N) is 2. The Balaban J connectivity index is 0.000000706. The summed E-state index contributed by atoms with van der Waals surface area (Å²) in [5, 5.41) is 20.0. The number of rotatable bonds is 3. The molecule has 0 fully saturated rings. The molecular formula is C20H21Cl2N5O. The van der Waals surface area contributed by atoms with Gasteiger partial charge < -0.3 is 15.4 Å². The van der Waals surface area contributed by atoms with Crippen molar-refractivity contribution in [3.05, 3.63) is 70.4 Å². The first-order valence-corrected chi connectivity index (χ1v) is 9.40. The minimum absolute atomic E-state index is 0.472. The highest BCUT2D eigenvalue weighted by atomic mass is 35.5. The second-order valence-corrected chi connectivity index (χ2v) is 7.06. The number of aromatic amines is 1. The fraction of sp³-hybridized carbons (Fsp3) is 0.200. The van der Waals surface area contributed by atoms with E-state index in [1.165, 1.54) is 0 Å². The lowest BCUT2D eigenvalue weighted by Gasteiger charge is -2.09. The van der Waals surface area contributed by atoms with E-state index in [-0.39, 0.29) is 0 Å². The molecule has 0 saturated heterocycles. The Morgan fingerprint density at radius 2 is 1.89 bits per heavy atom. The van der Waals surface area contributed by atoms with Crippen LogP contribution in [0.5, 0.6) is 0 Å². The van der Waals surface area contributed by atoms with Gasteiger partial charge in [0.15, 0.2) is 6.10 Å². The lowest BCUT2D eigenvalue weighted by atomic mass is 10.0. The Morgan fingerprint density at radius 1 is 1.14 bits per heavy atom. The number of hydrogen-bond acceptors (Lipinski definition) is 4. The maximum atomic E-state index is 10.7. The molecule has 0 aliphatic rings. The van der Waals surface area contributed by atoms with Gasteiger partial charge in [0.2, 0.25) is 0 Å². The van der Waals surface area contributed by atoms with E-state index in [1.807, 2.05) is 38.4 Å². The summed E-state index contributed by atoms with van der Waals surface area (Å²) in [6.45, 7) is 0. The first-order chi connectivity index (χ1) is 13.5. The van der Waals surface area contributed by atoms with Crippen molar-refractivity contribution in [2.24, 2.45) is 7.05 Å². The van der Waals surface area contributed by atoms with Gasteiger partial charge in [0, 0.05) is 46.0 Å². The molecule has 0 aliphatic carbocycles. The average Bonchev–Trinajstić information content (AvgIpc) is 3.29. The number of nitrogens with zero attached hydrogens (tertiary/aromatic N) is 3. The summed E-state index contributed by atoms with van der Waals surface area (Å²) in [4.78, 5) is 7.08. The fourth-order valence-electron chi connectivity index (χ4n) is 3.04. The van der Waals surface area contributed by atoms with Crippen molar-refractivity contribution < 1.29 is 5.11 Å². The second kappa shape index (κ2) is 8.75. The molecule has 0 radical (unpaired) electrons. The van der Waals surface area contributed by atoms with Crippen LogP contribution in [0, 0.1) is 0 Å². The Kier molecular flexibility index (Phi) is 6.36. The molecule has 3 N–H and O–H groups in total. The van der Waals surface area contributed by atoms with Crippen molar-refractivity contribution in [2.45, 2.75) is 6.10 Å². The quantitative estimate of drug-likeness (QED) is 0.466. The molecule has 6 nitrogen and oxygen atoms in total. The Morgan fingerprint density at radius 3 is 2.54 bits per heavy atom. The molecule has 28 heavy (non-hydrogen) atoms. The van der Waals surface area contributed by atoms with Crippen LogP contribution in [0.15, 0.2) is 48.8 Å². The van der Waals surface area contributed by atoms with Gasteiger partial charge in [-0.3, -0.25) is 4.68 Å². The summed E-state index contributed by atoms with van der Waals surface area (Å²) < 4.78 is 1.67. The van der Waals surface area contributed by atoms with E-state index in [4.69, 9.17) is 23.2 Å². The first kappa shape index (κ1) is 20.4. The van der Waals surface area contributed by atoms with Gasteiger partial charge in [-0.05, 0) is 26.2 Å². The van der Waals surface area contributed by atoms with Gasteiger partial charge in [-0.1, -0.05) is 47.5 Å². The highest BCUT2D eigenvalue weighted by molar-refractivity contribution is 6.36. The molecule has 1 unspecified atom stereocenters. The van der Waals surface area contributed by atoms with E-state index >= 15 is 0 Å². The average molecular weight is 418 g/mol. The largest absolute Gasteiger partial charge is 0.379 e. The standard InChI is InChI=1S/C18H14Cl2N4O.C2H7N/c1-24-16(17(25)18-21-7-8-22-18)13-4-2-3-12(15(13)23-24)11-6-5-10(19)9-14(11)20;1-3-2/h2-9,17,25H,1H3,(H,21,22);3H,1-2H3. The van der Waals surface area contributed by atoms with Crippen LogP contribution in [0.25, 0.3) is 22.0 Å². The van der Waals surface area contributed by atoms with E-state index < -0.39 is 6.10 Å². The molecule has 0 spiro atoms. The van der Waals surface area contributed by atoms with Crippen LogP contribution in [0.3, 0.4) is 0 Å². The molecule has 0 bridgehead atoms. The van der Waals surface area contributed by atoms with Crippen molar-refractivity contribution in [1.82, 2.24) is 25.1 Å². The number of aliphatic hydroxyl groups is 1. The van der Waals surface area contributed by atoms with Gasteiger partial charge in [0.25, 0.3) is 0 Å². The number of benzene rings is 2. The van der Waals surface area contributed by atoms with E-state index in [2.05, 4.69) is 20.4 Å². The van der Waals surface area contributed by atoms with Gasteiger partial charge in [-0.2, -0.15) is 5.10 Å². The smallest absolute Gasteiger partial charge is 0.154 e. The normalized spacial score (nSPS) is 11.9. The lowest BCUT2D eigenvalue weighted by Crippen LogP contribution is -2.08. The van der Waals surface area contributed by atoms with Crippen molar-refractivity contribution in [3.63, 3.8) is 0 Å². The maximum absolute atomic E-state index is 10.7. The molecule has 0 saturated carbocycles. The van der Waals surface area contributed by atoms with Crippen LogP contribution in [-0.4, -0.2) is 39.0 Å². The first-order valence-electron chi connectivity index (χ1n) is 8.64. The van der Waals surface area contributed by atoms with Crippen LogP contribution in [0.1, 0.15) is 17.6 Å². The third-order valence-corrected chi connectivity index (χ3v) is 4.72. The zero-order valence-corrected chi connectivity index (χ0v) is 17.3. The Hall–Kier alpha value is -2.38. The molecule has 0 amide bonds. The predicted molar refractivity (Wildman–Crippen MR) is 114 cm³/mol. The summed E-state index contributed by atoms with van der Waals surface area (Å²) in [5.74, 6) is 0.472. The van der Waals surface area contributed by atoms with Crippen LogP contribution >= 0.6 is 23.2 Å². The van der Waals surface area contributed by atoms with Gasteiger partial charge in [-0.15, -0.1) is 0 Å². The highest BCUT2D eigenvalue weighted by Crippen LogP contribution is 2.37. The van der Waals surface area contributed by atoms with E-state index in [0.717, 1.165) is 22.0 Å². The van der Waals surface area contributed by atoms with E-state index in [0.29, 0.717) is 21.6 Å². The van der Waals surface area contributed by atoms with Crippen LogP contribution in [0.2, 0.25) is 10.0 Å². The molecular weight excluding hydrogens is 397 g/mol. The lowest BCUT2D eigenvalue weighted by molar-refractivity contribution is 0.202. The summed E-state index contributed by atoms with van der Waals surface area (Å²) in [5.41, 5.74) is 3.15. The fourth-order valence-corrected chi connectivity index (χ4v) is 3.55. The molecule has 146 valence electrons. The van der Waals surface area contributed by atoms with Crippen molar-refractivity contribution >= 4 is 34.1 Å². The van der Waals surface area contributed by atoms with Crippen molar-refractivity contribution in [2.75, 3.05) is 14.1 Å². The van der Waals surface area contributed by atoms with Gasteiger partial charge >= 0.3 is 0 Å². The number of aliphatic hydroxyl groups excluding tert-OH is 1. The molecule has 2 aromatic heterocycles. The second-order valence-electron chi connectivity index (χ2n) is 6.21. The van der Waals surface area contributed by atoms with E-state index in [9.17, 15) is 5.11 Å². The number of fused-ring (bicyclic) bond motifs is 1. The Labute approximate surface area is 173 Å². The number of hydrogen-bond donors (Lipinski definition) is 3. The van der Waals surface area contributed by atoms with Crippen LogP contribution < -0.4 is 5.32 Å². The predicted octanol–water partition coefficient (Wildman–Crippen LogP) is 4.19. The zero-order chi connectivity index (χ0) is 20.3. The van der Waals surface area contributed by atoms with Gasteiger partial charge in [0.05, 0.1) is 5.69 Å². The summed E-state index contributed by atoms with van der Waals surface area (Å²) in [6.07, 6.45) is 2.38. The van der Waals surface area contributed by atoms with Crippen LogP contribution in [0.4, 0.5) is 0 Å². The molecule has 1 atom stereocenters. The van der Waals surface area contributed by atoms with Gasteiger partial charge in [0.1, 0.15) is 11.3 Å². The molecule has 2 heterocycles. The SMILES string of the molecule is CNC.Cn1nc2c(-c3ccc(Cl)cc3Cl)cccc2c1C(O)c1ncc[nH]1. The summed E-state index contributed by atoms with van der Waals surface area (Å²) in [7, 11) is 5.55. The third kappa shape index (κ3) is 3.91. The van der Waals surface area contributed by atoms with Crippen molar-refractivity contribution in [1.29, 1.82) is 0 Å². The number of halogens is 2. The molecule has 8 heteroatoms. The summed E-state index contributed by atoms with van der Waals surface area (Å²) >= 11 is 12.4. The van der Waals surface area contributed by atoms with Crippen molar-refractivity contribution in [3.8, 4) is 11.1 Å². The molecule has 2 aromatic carbocycles.